The summed E-state index contributed by atoms with van der Waals surface area (Å²) in [6.07, 6.45) is 0. The maximum absolute atomic E-state index is 11.0. The Hall–Kier alpha value is -1.13. The lowest BCUT2D eigenvalue weighted by Crippen LogP contribution is -1.91. The molecule has 1 heterocycles. The summed E-state index contributed by atoms with van der Waals surface area (Å²) in [6, 6.07) is 8.04. The quantitative estimate of drug-likeness (QED) is 0.887. The maximum atomic E-state index is 11.0. The first-order valence-electron chi connectivity index (χ1n) is 5.09. The van der Waals surface area contributed by atoms with Crippen LogP contribution in [0.25, 0.3) is 10.4 Å². The molecule has 0 aliphatic rings. The van der Waals surface area contributed by atoms with Crippen molar-refractivity contribution >= 4 is 33.2 Å². The molecule has 1 aromatic heterocycles. The first-order chi connectivity index (χ1) is 7.99. The molecule has 1 N–H and O–H groups in total. The molecule has 0 radical (unpaired) electrons. The first-order valence-corrected chi connectivity index (χ1v) is 6.70. The molecule has 0 atom stereocenters. The van der Waals surface area contributed by atoms with Gasteiger partial charge >= 0.3 is 5.97 Å². The van der Waals surface area contributed by atoms with Crippen molar-refractivity contribution in [1.82, 2.24) is 0 Å². The summed E-state index contributed by atoms with van der Waals surface area (Å²) in [7, 11) is 0. The number of carboxylic acids is 1. The van der Waals surface area contributed by atoms with E-state index in [0.717, 1.165) is 16.0 Å². The van der Waals surface area contributed by atoms with E-state index in [0.29, 0.717) is 9.35 Å². The smallest absolute Gasteiger partial charge is 0.347 e. The Morgan fingerprint density at radius 2 is 2.00 bits per heavy atom. The summed E-state index contributed by atoms with van der Waals surface area (Å²) in [4.78, 5) is 12.3. The van der Waals surface area contributed by atoms with Crippen LogP contribution in [0.4, 0.5) is 0 Å². The van der Waals surface area contributed by atoms with Crippen molar-refractivity contribution in [2.75, 3.05) is 0 Å². The Morgan fingerprint density at radius 3 is 2.53 bits per heavy atom. The Kier molecular flexibility index (Phi) is 3.35. The number of halogens is 1. The molecule has 1 aromatic carbocycles. The van der Waals surface area contributed by atoms with Crippen LogP contribution >= 0.6 is 27.3 Å². The van der Waals surface area contributed by atoms with Crippen molar-refractivity contribution in [3.63, 3.8) is 0 Å². The van der Waals surface area contributed by atoms with Gasteiger partial charge in [-0.25, -0.2) is 4.79 Å². The van der Waals surface area contributed by atoms with Gasteiger partial charge in [0.2, 0.25) is 0 Å². The zero-order valence-electron chi connectivity index (χ0n) is 9.45. The van der Waals surface area contributed by atoms with E-state index in [1.807, 2.05) is 32.0 Å². The van der Waals surface area contributed by atoms with Crippen molar-refractivity contribution in [3.8, 4) is 10.4 Å². The number of aromatic carboxylic acids is 1. The fraction of sp³-hybridized carbons (Fsp3) is 0.154. The van der Waals surface area contributed by atoms with Crippen molar-refractivity contribution in [3.05, 3.63) is 44.7 Å². The molecule has 0 amide bonds. The molecular weight excluding hydrogens is 300 g/mol. The highest BCUT2D eigenvalue weighted by Gasteiger charge is 2.15. The molecule has 0 saturated heterocycles. The highest BCUT2D eigenvalue weighted by atomic mass is 79.9. The van der Waals surface area contributed by atoms with Crippen LogP contribution in [0.15, 0.2) is 28.7 Å². The van der Waals surface area contributed by atoms with E-state index < -0.39 is 5.97 Å². The second-order valence-electron chi connectivity index (χ2n) is 3.91. The predicted molar refractivity (Wildman–Crippen MR) is 73.9 cm³/mol. The molecule has 2 aromatic rings. The fourth-order valence-electron chi connectivity index (χ4n) is 1.74. The number of rotatable bonds is 2. The molecule has 2 rings (SSSR count). The minimum atomic E-state index is -0.891. The van der Waals surface area contributed by atoms with Crippen LogP contribution in [-0.2, 0) is 0 Å². The Morgan fingerprint density at radius 1 is 1.29 bits per heavy atom. The van der Waals surface area contributed by atoms with E-state index in [2.05, 4.69) is 22.0 Å². The highest BCUT2D eigenvalue weighted by Crippen LogP contribution is 2.36. The van der Waals surface area contributed by atoms with Crippen LogP contribution in [0.1, 0.15) is 20.8 Å². The second-order valence-corrected chi connectivity index (χ2v) is 5.82. The standard InChI is InChI=1S/C13H11BrO2S/c1-7-3-4-9(8(2)5-7)11-6-10(14)12(17-11)13(15)16/h3-6H,1-2H3,(H,15,16). The minimum Gasteiger partial charge on any atom is -0.477 e. The molecule has 88 valence electrons. The van der Waals surface area contributed by atoms with Crippen LogP contribution in [0, 0.1) is 13.8 Å². The van der Waals surface area contributed by atoms with Gasteiger partial charge in [0.05, 0.1) is 0 Å². The van der Waals surface area contributed by atoms with Crippen molar-refractivity contribution in [2.24, 2.45) is 0 Å². The second kappa shape index (κ2) is 4.63. The van der Waals surface area contributed by atoms with E-state index >= 15 is 0 Å². The molecule has 0 aliphatic carbocycles. The van der Waals surface area contributed by atoms with Gasteiger partial charge in [0.25, 0.3) is 0 Å². The van der Waals surface area contributed by atoms with Crippen LogP contribution < -0.4 is 0 Å². The lowest BCUT2D eigenvalue weighted by Gasteiger charge is -2.03. The summed E-state index contributed by atoms with van der Waals surface area (Å²) in [6.45, 7) is 4.08. The summed E-state index contributed by atoms with van der Waals surface area (Å²) in [5.41, 5.74) is 3.46. The lowest BCUT2D eigenvalue weighted by molar-refractivity contribution is 0.0701. The molecule has 0 saturated carbocycles. The van der Waals surface area contributed by atoms with Gasteiger partial charge in [0.1, 0.15) is 4.88 Å². The number of hydrogen-bond donors (Lipinski definition) is 1. The van der Waals surface area contributed by atoms with Gasteiger partial charge in [-0.1, -0.05) is 23.8 Å². The van der Waals surface area contributed by atoms with Crippen molar-refractivity contribution in [1.29, 1.82) is 0 Å². The average molecular weight is 311 g/mol. The van der Waals surface area contributed by atoms with Gasteiger partial charge < -0.3 is 5.11 Å². The molecule has 0 fully saturated rings. The van der Waals surface area contributed by atoms with Crippen LogP contribution in [-0.4, -0.2) is 11.1 Å². The highest BCUT2D eigenvalue weighted by molar-refractivity contribution is 9.10. The van der Waals surface area contributed by atoms with Gasteiger partial charge in [0, 0.05) is 9.35 Å². The predicted octanol–water partition coefficient (Wildman–Crippen LogP) is 4.49. The number of aryl methyl sites for hydroxylation is 2. The van der Waals surface area contributed by atoms with E-state index in [-0.39, 0.29) is 0 Å². The van der Waals surface area contributed by atoms with E-state index in [4.69, 9.17) is 5.11 Å². The van der Waals surface area contributed by atoms with Gasteiger partial charge in [0.15, 0.2) is 0 Å². The van der Waals surface area contributed by atoms with Crippen LogP contribution in [0.2, 0.25) is 0 Å². The zero-order chi connectivity index (χ0) is 12.6. The molecule has 17 heavy (non-hydrogen) atoms. The zero-order valence-corrected chi connectivity index (χ0v) is 11.9. The monoisotopic (exact) mass is 310 g/mol. The number of hydrogen-bond acceptors (Lipinski definition) is 2. The Balaban J connectivity index is 2.53. The largest absolute Gasteiger partial charge is 0.477 e. The number of carboxylic acid groups (broad SMARTS) is 1. The van der Waals surface area contributed by atoms with Gasteiger partial charge in [-0.15, -0.1) is 11.3 Å². The average Bonchev–Trinajstić information content (AvgIpc) is 2.60. The van der Waals surface area contributed by atoms with Gasteiger partial charge in [-0.2, -0.15) is 0 Å². The van der Waals surface area contributed by atoms with E-state index in [1.165, 1.54) is 16.9 Å². The van der Waals surface area contributed by atoms with Crippen LogP contribution in [0.3, 0.4) is 0 Å². The van der Waals surface area contributed by atoms with Crippen molar-refractivity contribution < 1.29 is 9.90 Å². The van der Waals surface area contributed by atoms with Gasteiger partial charge in [-0.3, -0.25) is 0 Å². The summed E-state index contributed by atoms with van der Waals surface area (Å²) in [5.74, 6) is -0.891. The number of carbonyl (C=O) groups is 1. The van der Waals surface area contributed by atoms with Gasteiger partial charge in [-0.05, 0) is 47.0 Å². The molecule has 4 heteroatoms. The molecular formula is C13H11BrO2S. The topological polar surface area (TPSA) is 37.3 Å². The summed E-state index contributed by atoms with van der Waals surface area (Å²) in [5, 5.41) is 9.02. The Bertz CT molecular complexity index is 587. The SMILES string of the molecule is Cc1ccc(-c2cc(Br)c(C(=O)O)s2)c(C)c1. The fourth-order valence-corrected chi connectivity index (χ4v) is 3.51. The molecule has 0 spiro atoms. The first kappa shape index (κ1) is 12.3. The maximum Gasteiger partial charge on any atom is 0.347 e. The van der Waals surface area contributed by atoms with E-state index in [1.54, 1.807) is 0 Å². The summed E-state index contributed by atoms with van der Waals surface area (Å²) < 4.78 is 0.643. The third-order valence-corrected chi connectivity index (χ3v) is 4.57. The lowest BCUT2D eigenvalue weighted by atomic mass is 10.0. The minimum absolute atomic E-state index is 0.347. The third kappa shape index (κ3) is 2.42. The molecule has 2 nitrogen and oxygen atoms in total. The number of benzene rings is 1. The third-order valence-electron chi connectivity index (χ3n) is 2.53. The van der Waals surface area contributed by atoms with E-state index in [9.17, 15) is 4.79 Å². The molecule has 0 bridgehead atoms. The molecule has 0 aliphatic heterocycles. The molecule has 0 unspecified atom stereocenters. The van der Waals surface area contributed by atoms with Crippen LogP contribution in [0.5, 0.6) is 0 Å². The Labute approximate surface area is 112 Å². The van der Waals surface area contributed by atoms with Crippen molar-refractivity contribution in [2.45, 2.75) is 13.8 Å². The summed E-state index contributed by atoms with van der Waals surface area (Å²) >= 11 is 4.58. The normalized spacial score (nSPS) is 10.5. The number of thiophene rings is 1.